The van der Waals surface area contributed by atoms with Gasteiger partial charge in [0.2, 0.25) is 0 Å². The van der Waals surface area contributed by atoms with E-state index in [2.05, 4.69) is 42.5 Å². The van der Waals surface area contributed by atoms with Gasteiger partial charge in [-0.1, -0.05) is 42.5 Å². The van der Waals surface area contributed by atoms with E-state index in [0.717, 1.165) is 6.42 Å². The summed E-state index contributed by atoms with van der Waals surface area (Å²) in [6.45, 7) is 6.47. The van der Waals surface area contributed by atoms with Crippen LogP contribution in [0, 0.1) is 0 Å². The smallest absolute Gasteiger partial charge is 0.0701 e. The maximum Gasteiger partial charge on any atom is 0.0701 e. The van der Waals surface area contributed by atoms with Crippen molar-refractivity contribution in [1.82, 2.24) is 0 Å². The van der Waals surface area contributed by atoms with Gasteiger partial charge in [-0.05, 0) is 22.8 Å². The van der Waals surface area contributed by atoms with Crippen molar-refractivity contribution in [3.05, 3.63) is 48.0 Å². The van der Waals surface area contributed by atoms with Crippen molar-refractivity contribution in [3.63, 3.8) is 0 Å². The van der Waals surface area contributed by atoms with Crippen LogP contribution in [0.25, 0.3) is 10.8 Å². The Morgan fingerprint density at radius 3 is 1.55 bits per heavy atom. The summed E-state index contributed by atoms with van der Waals surface area (Å²) in [7, 11) is 1.65. The second kappa shape index (κ2) is 16.3. The highest BCUT2D eigenvalue weighted by atomic mass is 16.6. The van der Waals surface area contributed by atoms with Gasteiger partial charge in [0, 0.05) is 7.11 Å². The molecule has 0 atom stereocenters. The molecule has 0 radical (unpaired) electrons. The maximum atomic E-state index is 5.65. The molecule has 2 aromatic carbocycles. The molecule has 6 heteroatoms. The summed E-state index contributed by atoms with van der Waals surface area (Å²) >= 11 is 0. The van der Waals surface area contributed by atoms with Gasteiger partial charge in [0.15, 0.2) is 0 Å². The van der Waals surface area contributed by atoms with E-state index >= 15 is 0 Å². The minimum Gasteiger partial charge on any atom is -0.382 e. The zero-order chi connectivity index (χ0) is 20.4. The lowest BCUT2D eigenvalue weighted by atomic mass is 10.1. The number of ether oxygens (including phenoxy) is 6. The van der Waals surface area contributed by atoms with E-state index in [9.17, 15) is 0 Å². The number of methoxy groups -OCH3 is 1. The second-order valence-corrected chi connectivity index (χ2v) is 6.49. The minimum atomic E-state index is 0.559. The molecule has 29 heavy (non-hydrogen) atoms. The Balaban J connectivity index is 1.33. The minimum absolute atomic E-state index is 0.559. The molecule has 162 valence electrons. The quantitative estimate of drug-likeness (QED) is 0.355. The maximum absolute atomic E-state index is 5.65. The van der Waals surface area contributed by atoms with Crippen molar-refractivity contribution in [2.45, 2.75) is 6.42 Å². The lowest BCUT2D eigenvalue weighted by Crippen LogP contribution is -2.14. The molecule has 0 amide bonds. The molecule has 0 aliphatic rings. The molecule has 6 nitrogen and oxygen atoms in total. The molecule has 2 aromatic rings. The fraction of sp³-hybridized carbons (Fsp3) is 0.565. The first-order valence-corrected chi connectivity index (χ1v) is 10.3. The topological polar surface area (TPSA) is 55.4 Å². The monoisotopic (exact) mass is 406 g/mol. The number of rotatable bonds is 18. The van der Waals surface area contributed by atoms with Crippen molar-refractivity contribution in [2.24, 2.45) is 0 Å². The molecular formula is C23H34O6. The van der Waals surface area contributed by atoms with E-state index in [4.69, 9.17) is 28.4 Å². The van der Waals surface area contributed by atoms with Gasteiger partial charge in [0.1, 0.15) is 0 Å². The predicted octanol–water partition coefficient (Wildman–Crippen LogP) is 3.11. The average molecular weight is 407 g/mol. The molecule has 0 spiro atoms. The van der Waals surface area contributed by atoms with Crippen LogP contribution in [0.1, 0.15) is 5.56 Å². The molecule has 0 unspecified atom stereocenters. The van der Waals surface area contributed by atoms with Crippen molar-refractivity contribution >= 4 is 10.8 Å². The summed E-state index contributed by atoms with van der Waals surface area (Å²) in [6, 6.07) is 15.0. The van der Waals surface area contributed by atoms with E-state index in [1.807, 2.05) is 0 Å². The SMILES string of the molecule is COCCOCCOCCOCCOCCOCCc1ccc2ccccc2c1. The van der Waals surface area contributed by atoms with Crippen LogP contribution in [0.2, 0.25) is 0 Å². The van der Waals surface area contributed by atoms with Gasteiger partial charge in [-0.3, -0.25) is 0 Å². The predicted molar refractivity (Wildman–Crippen MR) is 114 cm³/mol. The van der Waals surface area contributed by atoms with Crippen LogP contribution in [-0.4, -0.2) is 79.8 Å². The fourth-order valence-corrected chi connectivity index (χ4v) is 2.71. The summed E-state index contributed by atoms with van der Waals surface area (Å²) in [6.07, 6.45) is 0.908. The van der Waals surface area contributed by atoms with Gasteiger partial charge < -0.3 is 28.4 Å². The largest absolute Gasteiger partial charge is 0.382 e. The van der Waals surface area contributed by atoms with Crippen LogP contribution in [0.15, 0.2) is 42.5 Å². The molecular weight excluding hydrogens is 372 g/mol. The van der Waals surface area contributed by atoms with E-state index in [-0.39, 0.29) is 0 Å². The standard InChI is InChI=1S/C23H34O6/c1-24-10-11-26-14-15-28-18-19-29-17-16-27-13-12-25-9-8-21-6-7-22-4-2-3-5-23(22)20-21/h2-7,20H,8-19H2,1H3. The Morgan fingerprint density at radius 1 is 0.517 bits per heavy atom. The van der Waals surface area contributed by atoms with E-state index in [0.29, 0.717) is 72.7 Å². The summed E-state index contributed by atoms with van der Waals surface area (Å²) in [5.41, 5.74) is 1.29. The third kappa shape index (κ3) is 11.3. The highest BCUT2D eigenvalue weighted by Crippen LogP contribution is 2.15. The fourth-order valence-electron chi connectivity index (χ4n) is 2.71. The Labute approximate surface area is 174 Å². The number of fused-ring (bicyclic) bond motifs is 1. The van der Waals surface area contributed by atoms with Crippen LogP contribution < -0.4 is 0 Å². The summed E-state index contributed by atoms with van der Waals surface area (Å²) in [5, 5.41) is 2.54. The van der Waals surface area contributed by atoms with Gasteiger partial charge in [-0.15, -0.1) is 0 Å². The summed E-state index contributed by atoms with van der Waals surface area (Å²) < 4.78 is 32.2. The molecule has 0 bridgehead atoms. The van der Waals surface area contributed by atoms with Crippen molar-refractivity contribution in [2.75, 3.05) is 79.8 Å². The molecule has 0 saturated heterocycles. The van der Waals surface area contributed by atoms with E-state index in [1.54, 1.807) is 7.11 Å². The highest BCUT2D eigenvalue weighted by Gasteiger charge is 1.97. The number of benzene rings is 2. The van der Waals surface area contributed by atoms with Crippen LogP contribution in [0.4, 0.5) is 0 Å². The molecule has 0 saturated carbocycles. The van der Waals surface area contributed by atoms with Crippen LogP contribution in [0.3, 0.4) is 0 Å². The van der Waals surface area contributed by atoms with Gasteiger partial charge >= 0.3 is 0 Å². The van der Waals surface area contributed by atoms with Crippen molar-refractivity contribution < 1.29 is 28.4 Å². The molecule has 0 aliphatic carbocycles. The molecule has 0 fully saturated rings. The van der Waals surface area contributed by atoms with Gasteiger partial charge in [-0.2, -0.15) is 0 Å². The zero-order valence-electron chi connectivity index (χ0n) is 17.5. The Morgan fingerprint density at radius 2 is 1.00 bits per heavy atom. The lowest BCUT2D eigenvalue weighted by molar-refractivity contribution is -0.0145. The number of hydrogen-bond donors (Lipinski definition) is 0. The second-order valence-electron chi connectivity index (χ2n) is 6.49. The first-order valence-electron chi connectivity index (χ1n) is 10.3. The molecule has 0 heterocycles. The molecule has 0 aliphatic heterocycles. The van der Waals surface area contributed by atoms with Crippen molar-refractivity contribution in [3.8, 4) is 0 Å². The molecule has 0 aromatic heterocycles. The first kappa shape index (κ1) is 23.7. The van der Waals surface area contributed by atoms with E-state index in [1.165, 1.54) is 16.3 Å². The van der Waals surface area contributed by atoms with Gasteiger partial charge in [0.25, 0.3) is 0 Å². The van der Waals surface area contributed by atoms with Gasteiger partial charge in [0.05, 0.1) is 72.7 Å². The normalized spacial score (nSPS) is 11.3. The summed E-state index contributed by atoms with van der Waals surface area (Å²) in [4.78, 5) is 0. The first-order chi connectivity index (χ1) is 14.4. The Kier molecular flexibility index (Phi) is 13.3. The lowest BCUT2D eigenvalue weighted by Gasteiger charge is -2.08. The Bertz CT molecular complexity index is 648. The van der Waals surface area contributed by atoms with Crippen LogP contribution in [-0.2, 0) is 34.8 Å². The van der Waals surface area contributed by atoms with Crippen LogP contribution in [0.5, 0.6) is 0 Å². The van der Waals surface area contributed by atoms with Gasteiger partial charge in [-0.25, -0.2) is 0 Å². The Hall–Kier alpha value is -1.54. The summed E-state index contributed by atoms with van der Waals surface area (Å²) in [5.74, 6) is 0. The number of hydrogen-bond acceptors (Lipinski definition) is 6. The highest BCUT2D eigenvalue weighted by molar-refractivity contribution is 5.82. The van der Waals surface area contributed by atoms with Crippen molar-refractivity contribution in [1.29, 1.82) is 0 Å². The molecule has 0 N–H and O–H groups in total. The third-order valence-corrected chi connectivity index (χ3v) is 4.27. The third-order valence-electron chi connectivity index (χ3n) is 4.27. The van der Waals surface area contributed by atoms with Crippen LogP contribution >= 0.6 is 0 Å². The average Bonchev–Trinajstić information content (AvgIpc) is 2.76. The van der Waals surface area contributed by atoms with E-state index < -0.39 is 0 Å². The zero-order valence-corrected chi connectivity index (χ0v) is 17.5. The molecule has 2 rings (SSSR count).